The van der Waals surface area contributed by atoms with Gasteiger partial charge in [0.2, 0.25) is 5.16 Å². The van der Waals surface area contributed by atoms with E-state index in [0.29, 0.717) is 10.7 Å². The fourth-order valence-corrected chi connectivity index (χ4v) is 1.98. The number of para-hydroxylation sites is 1. The van der Waals surface area contributed by atoms with Gasteiger partial charge in [-0.1, -0.05) is 23.9 Å². The largest absolute Gasteiger partial charge is 0.296 e. The Labute approximate surface area is 123 Å². The van der Waals surface area contributed by atoms with E-state index in [9.17, 15) is 14.9 Å². The number of nitro groups is 1. The van der Waals surface area contributed by atoms with E-state index in [1.165, 1.54) is 31.0 Å². The molecule has 0 N–H and O–H groups in total. The van der Waals surface area contributed by atoms with Gasteiger partial charge in [-0.05, 0) is 19.2 Å². The first-order chi connectivity index (χ1) is 10.0. The molecule has 8 nitrogen and oxygen atoms in total. The van der Waals surface area contributed by atoms with E-state index in [0.717, 1.165) is 4.68 Å². The van der Waals surface area contributed by atoms with Gasteiger partial charge in [-0.3, -0.25) is 14.9 Å². The predicted molar refractivity (Wildman–Crippen MR) is 78.9 cm³/mol. The molecule has 1 aromatic heterocycles. The summed E-state index contributed by atoms with van der Waals surface area (Å²) in [7, 11) is 0. The van der Waals surface area contributed by atoms with Crippen LogP contribution in [0.3, 0.4) is 0 Å². The fourth-order valence-electron chi connectivity index (χ4n) is 1.56. The molecule has 0 amide bonds. The van der Waals surface area contributed by atoms with Crippen LogP contribution in [0.5, 0.6) is 0 Å². The number of thioether (sulfide) groups is 1. The van der Waals surface area contributed by atoms with E-state index in [-0.39, 0.29) is 11.4 Å². The predicted octanol–water partition coefficient (Wildman–Crippen LogP) is 1.46. The Kier molecular flexibility index (Phi) is 4.43. The number of nitro benzene ring substituents is 1. The molecule has 0 fully saturated rings. The second-order valence-corrected chi connectivity index (χ2v) is 4.72. The van der Waals surface area contributed by atoms with Gasteiger partial charge in [-0.2, -0.15) is 9.78 Å². The molecule has 0 saturated carbocycles. The van der Waals surface area contributed by atoms with Gasteiger partial charge in [0.15, 0.2) is 0 Å². The molecule has 0 spiro atoms. The summed E-state index contributed by atoms with van der Waals surface area (Å²) in [5.74, 6) is 0. The van der Waals surface area contributed by atoms with Gasteiger partial charge in [0, 0.05) is 6.07 Å². The number of hydrogen-bond acceptors (Lipinski definition) is 7. The van der Waals surface area contributed by atoms with Crippen molar-refractivity contribution in [3.8, 4) is 0 Å². The number of rotatable bonds is 4. The molecule has 0 atom stereocenters. The maximum atomic E-state index is 12.0. The third kappa shape index (κ3) is 3.14. The lowest BCUT2D eigenvalue weighted by atomic mass is 10.2. The van der Waals surface area contributed by atoms with Crippen molar-refractivity contribution in [3.05, 3.63) is 56.0 Å². The number of benzene rings is 1. The normalized spacial score (nSPS) is 11.0. The summed E-state index contributed by atoms with van der Waals surface area (Å²) >= 11 is 1.21. The topological polar surface area (TPSA) is 103 Å². The van der Waals surface area contributed by atoms with Crippen molar-refractivity contribution in [1.29, 1.82) is 0 Å². The van der Waals surface area contributed by atoms with E-state index in [1.807, 2.05) is 0 Å². The molecule has 0 aliphatic carbocycles. The summed E-state index contributed by atoms with van der Waals surface area (Å²) in [5, 5.41) is 22.8. The Balaban J connectivity index is 2.50. The molecule has 0 aliphatic rings. The van der Waals surface area contributed by atoms with Crippen molar-refractivity contribution in [2.75, 3.05) is 6.26 Å². The Bertz CT molecular complexity index is 772. The van der Waals surface area contributed by atoms with Crippen molar-refractivity contribution in [2.24, 2.45) is 5.10 Å². The van der Waals surface area contributed by atoms with Gasteiger partial charge in [0.05, 0.1) is 16.7 Å². The highest BCUT2D eigenvalue weighted by Crippen LogP contribution is 2.15. The molecule has 21 heavy (non-hydrogen) atoms. The van der Waals surface area contributed by atoms with Crippen molar-refractivity contribution in [3.63, 3.8) is 0 Å². The van der Waals surface area contributed by atoms with Gasteiger partial charge < -0.3 is 0 Å². The van der Waals surface area contributed by atoms with Gasteiger partial charge >= 0.3 is 0 Å². The van der Waals surface area contributed by atoms with E-state index in [2.05, 4.69) is 15.3 Å². The molecule has 0 unspecified atom stereocenters. The first-order valence-corrected chi connectivity index (χ1v) is 7.05. The molecule has 0 bridgehead atoms. The van der Waals surface area contributed by atoms with Crippen molar-refractivity contribution >= 4 is 23.7 Å². The Hall–Kier alpha value is -2.55. The third-order valence-electron chi connectivity index (χ3n) is 2.60. The van der Waals surface area contributed by atoms with Crippen LogP contribution in [0.4, 0.5) is 5.69 Å². The second-order valence-electron chi connectivity index (χ2n) is 3.95. The molecule has 108 valence electrons. The molecular formula is C12H11N5O3S. The minimum atomic E-state index is -0.504. The monoisotopic (exact) mass is 305 g/mol. The molecule has 2 aromatic rings. The van der Waals surface area contributed by atoms with Crippen LogP contribution < -0.4 is 5.56 Å². The number of aryl methyl sites for hydroxylation is 1. The van der Waals surface area contributed by atoms with Crippen LogP contribution in [0.15, 0.2) is 39.3 Å². The quantitative estimate of drug-likeness (QED) is 0.366. The molecule has 2 rings (SSSR count). The lowest BCUT2D eigenvalue weighted by molar-refractivity contribution is -0.385. The summed E-state index contributed by atoms with van der Waals surface area (Å²) in [6.45, 7) is 1.52. The SMILES string of the molecule is CSc1nnc(C)c(=O)n1/N=C\c1ccccc1[N+](=O)[O-]. The molecule has 0 radical (unpaired) electrons. The molecule has 1 heterocycles. The number of nitrogens with zero attached hydrogens (tertiary/aromatic N) is 5. The molecule has 1 aromatic carbocycles. The van der Waals surface area contributed by atoms with Crippen LogP contribution >= 0.6 is 11.8 Å². The third-order valence-corrected chi connectivity index (χ3v) is 3.22. The van der Waals surface area contributed by atoms with Crippen LogP contribution in [-0.4, -0.2) is 32.3 Å². The first-order valence-electron chi connectivity index (χ1n) is 5.82. The summed E-state index contributed by atoms with van der Waals surface area (Å²) < 4.78 is 1.07. The van der Waals surface area contributed by atoms with E-state index < -0.39 is 10.5 Å². The Morgan fingerprint density at radius 2 is 2.10 bits per heavy atom. The van der Waals surface area contributed by atoms with Crippen LogP contribution in [-0.2, 0) is 0 Å². The minimum Gasteiger partial charge on any atom is -0.265 e. The van der Waals surface area contributed by atoms with E-state index in [4.69, 9.17) is 0 Å². The van der Waals surface area contributed by atoms with Gasteiger partial charge in [0.25, 0.3) is 11.2 Å². The van der Waals surface area contributed by atoms with Gasteiger partial charge in [0.1, 0.15) is 5.69 Å². The highest BCUT2D eigenvalue weighted by molar-refractivity contribution is 7.98. The average Bonchev–Trinajstić information content (AvgIpc) is 2.49. The van der Waals surface area contributed by atoms with Crippen LogP contribution in [0.1, 0.15) is 11.3 Å². The number of aromatic nitrogens is 3. The lowest BCUT2D eigenvalue weighted by Crippen LogP contribution is -2.23. The fraction of sp³-hybridized carbons (Fsp3) is 0.167. The minimum absolute atomic E-state index is 0.0845. The summed E-state index contributed by atoms with van der Waals surface area (Å²) in [6.07, 6.45) is 3.00. The molecule has 0 saturated heterocycles. The molecule has 9 heteroatoms. The summed E-state index contributed by atoms with van der Waals surface area (Å²) in [4.78, 5) is 22.4. The van der Waals surface area contributed by atoms with Gasteiger partial charge in [-0.25, -0.2) is 0 Å². The zero-order valence-electron chi connectivity index (χ0n) is 11.3. The maximum absolute atomic E-state index is 12.0. The van der Waals surface area contributed by atoms with E-state index in [1.54, 1.807) is 24.5 Å². The zero-order valence-corrected chi connectivity index (χ0v) is 12.1. The molecule has 0 aliphatic heterocycles. The highest BCUT2D eigenvalue weighted by Gasteiger charge is 2.11. The Morgan fingerprint density at radius 1 is 1.38 bits per heavy atom. The van der Waals surface area contributed by atoms with Gasteiger partial charge in [-0.15, -0.1) is 10.2 Å². The van der Waals surface area contributed by atoms with Crippen LogP contribution in [0.25, 0.3) is 0 Å². The van der Waals surface area contributed by atoms with Crippen molar-refractivity contribution in [2.45, 2.75) is 12.1 Å². The second kappa shape index (κ2) is 6.27. The average molecular weight is 305 g/mol. The lowest BCUT2D eigenvalue weighted by Gasteiger charge is -2.03. The maximum Gasteiger partial charge on any atom is 0.296 e. The first kappa shape index (κ1) is 14.9. The van der Waals surface area contributed by atoms with E-state index >= 15 is 0 Å². The summed E-state index contributed by atoms with van der Waals surface area (Å²) in [5.41, 5.74) is 0.00588. The van der Waals surface area contributed by atoms with Crippen molar-refractivity contribution in [1.82, 2.24) is 14.9 Å². The highest BCUT2D eigenvalue weighted by atomic mass is 32.2. The van der Waals surface area contributed by atoms with Crippen molar-refractivity contribution < 1.29 is 4.92 Å². The van der Waals surface area contributed by atoms with Crippen LogP contribution in [0.2, 0.25) is 0 Å². The smallest absolute Gasteiger partial charge is 0.265 e. The standard InChI is InChI=1S/C12H11N5O3S/c1-8-11(18)16(12(21-2)15-14-8)13-7-9-5-3-4-6-10(9)17(19)20/h3-7H,1-2H3/b13-7-. The number of hydrogen-bond donors (Lipinski definition) is 0. The zero-order chi connectivity index (χ0) is 15.4. The summed E-state index contributed by atoms with van der Waals surface area (Å²) in [6, 6.07) is 6.14. The molecular weight excluding hydrogens is 294 g/mol. The van der Waals surface area contributed by atoms with Crippen LogP contribution in [0, 0.1) is 17.0 Å². The Morgan fingerprint density at radius 3 is 2.76 bits per heavy atom.